The number of rotatable bonds is 3. The maximum atomic E-state index is 5.84. The molecular formula is C15H30N2O. The lowest BCUT2D eigenvalue weighted by Gasteiger charge is -2.42. The van der Waals surface area contributed by atoms with Gasteiger partial charge < -0.3 is 4.74 Å². The summed E-state index contributed by atoms with van der Waals surface area (Å²) in [6.45, 7) is 17.8. The van der Waals surface area contributed by atoms with Crippen molar-refractivity contribution in [3.05, 3.63) is 0 Å². The van der Waals surface area contributed by atoms with E-state index in [1.165, 1.54) is 19.5 Å². The van der Waals surface area contributed by atoms with Gasteiger partial charge in [0, 0.05) is 37.3 Å². The first kappa shape index (κ1) is 14.3. The highest BCUT2D eigenvalue weighted by molar-refractivity contribution is 5.03. The molecule has 106 valence electrons. The fraction of sp³-hybridized carbons (Fsp3) is 1.00. The Hall–Kier alpha value is -0.120. The van der Waals surface area contributed by atoms with E-state index in [4.69, 9.17) is 4.74 Å². The van der Waals surface area contributed by atoms with Crippen LogP contribution < -0.4 is 0 Å². The van der Waals surface area contributed by atoms with Crippen molar-refractivity contribution in [2.75, 3.05) is 26.2 Å². The van der Waals surface area contributed by atoms with Gasteiger partial charge in [-0.1, -0.05) is 0 Å². The average molecular weight is 254 g/mol. The maximum absolute atomic E-state index is 5.84. The van der Waals surface area contributed by atoms with Gasteiger partial charge in [-0.15, -0.1) is 0 Å². The molecule has 0 aromatic heterocycles. The molecule has 0 saturated carbocycles. The summed E-state index contributed by atoms with van der Waals surface area (Å²) >= 11 is 0. The van der Waals surface area contributed by atoms with Crippen LogP contribution >= 0.6 is 0 Å². The van der Waals surface area contributed by atoms with Gasteiger partial charge in [-0.2, -0.15) is 0 Å². The summed E-state index contributed by atoms with van der Waals surface area (Å²) in [5.41, 5.74) is 0.323. The first-order valence-electron chi connectivity index (χ1n) is 7.31. The number of likely N-dealkylation sites (tertiary alicyclic amines) is 2. The molecule has 18 heavy (non-hydrogen) atoms. The van der Waals surface area contributed by atoms with Gasteiger partial charge in [0.25, 0.3) is 0 Å². The van der Waals surface area contributed by atoms with E-state index in [9.17, 15) is 0 Å². The number of ether oxygens (including phenoxy) is 1. The highest BCUT2D eigenvalue weighted by Gasteiger charge is 2.46. The van der Waals surface area contributed by atoms with E-state index in [0.29, 0.717) is 5.54 Å². The lowest BCUT2D eigenvalue weighted by Crippen LogP contribution is -2.54. The molecule has 0 N–H and O–H groups in total. The van der Waals surface area contributed by atoms with Crippen molar-refractivity contribution < 1.29 is 4.74 Å². The Balaban J connectivity index is 1.78. The van der Waals surface area contributed by atoms with Crippen LogP contribution in [-0.4, -0.2) is 59.3 Å². The van der Waals surface area contributed by atoms with Crippen LogP contribution in [0.5, 0.6) is 0 Å². The highest BCUT2D eigenvalue weighted by atomic mass is 16.5. The summed E-state index contributed by atoms with van der Waals surface area (Å²) < 4.78 is 5.84. The highest BCUT2D eigenvalue weighted by Crippen LogP contribution is 2.35. The van der Waals surface area contributed by atoms with Crippen LogP contribution in [0.4, 0.5) is 0 Å². The van der Waals surface area contributed by atoms with Crippen LogP contribution in [0, 0.1) is 0 Å². The third kappa shape index (κ3) is 3.25. The van der Waals surface area contributed by atoms with Crippen LogP contribution in [0.25, 0.3) is 0 Å². The van der Waals surface area contributed by atoms with Crippen molar-refractivity contribution in [1.82, 2.24) is 9.80 Å². The van der Waals surface area contributed by atoms with Gasteiger partial charge in [0.1, 0.15) is 0 Å². The molecule has 2 heterocycles. The Kier molecular flexibility index (Phi) is 3.79. The predicted octanol–water partition coefficient (Wildman–Crippen LogP) is 2.36. The fourth-order valence-electron chi connectivity index (χ4n) is 3.31. The molecule has 2 bridgehead atoms. The quantitative estimate of drug-likeness (QED) is 0.769. The molecule has 2 fully saturated rings. The zero-order valence-electron chi connectivity index (χ0n) is 13.0. The second kappa shape index (κ2) is 4.77. The summed E-state index contributed by atoms with van der Waals surface area (Å²) in [7, 11) is 0. The number of hydrogen-bond acceptors (Lipinski definition) is 3. The first-order chi connectivity index (χ1) is 8.17. The third-order valence-corrected chi connectivity index (χ3v) is 4.13. The van der Waals surface area contributed by atoms with Gasteiger partial charge in [-0.25, -0.2) is 0 Å². The molecule has 3 heteroatoms. The van der Waals surface area contributed by atoms with E-state index in [1.807, 2.05) is 0 Å². The molecule has 2 unspecified atom stereocenters. The van der Waals surface area contributed by atoms with Crippen LogP contribution in [-0.2, 0) is 4.74 Å². The molecule has 0 aliphatic carbocycles. The Morgan fingerprint density at radius 1 is 1.00 bits per heavy atom. The average Bonchev–Trinajstić information content (AvgIpc) is 2.72. The predicted molar refractivity (Wildman–Crippen MR) is 75.9 cm³/mol. The van der Waals surface area contributed by atoms with E-state index in [0.717, 1.165) is 25.2 Å². The van der Waals surface area contributed by atoms with Crippen molar-refractivity contribution >= 4 is 0 Å². The Morgan fingerprint density at radius 2 is 1.67 bits per heavy atom. The molecule has 0 aromatic carbocycles. The summed E-state index contributed by atoms with van der Waals surface area (Å²) in [4.78, 5) is 5.30. The standard InChI is InChI=1S/C15H30N2O/c1-14(2,3)17-11-12-9-13(17)10-16(12)7-8-18-15(4,5)6/h12-13H,7-11H2,1-6H3. The number of nitrogens with zero attached hydrogens (tertiary/aromatic N) is 2. The van der Waals surface area contributed by atoms with Crippen molar-refractivity contribution in [3.63, 3.8) is 0 Å². The fourth-order valence-corrected chi connectivity index (χ4v) is 3.31. The molecule has 0 aromatic rings. The molecule has 0 radical (unpaired) electrons. The van der Waals surface area contributed by atoms with E-state index in [1.54, 1.807) is 0 Å². The van der Waals surface area contributed by atoms with E-state index < -0.39 is 0 Å². The zero-order valence-corrected chi connectivity index (χ0v) is 13.0. The Bertz CT molecular complexity index is 290. The smallest absolute Gasteiger partial charge is 0.0600 e. The van der Waals surface area contributed by atoms with E-state index >= 15 is 0 Å². The van der Waals surface area contributed by atoms with Crippen LogP contribution in [0.15, 0.2) is 0 Å². The minimum atomic E-state index is -0.00379. The van der Waals surface area contributed by atoms with Gasteiger partial charge in [0.05, 0.1) is 12.2 Å². The van der Waals surface area contributed by atoms with E-state index in [-0.39, 0.29) is 5.60 Å². The summed E-state index contributed by atoms with van der Waals surface area (Å²) in [5.74, 6) is 0. The van der Waals surface area contributed by atoms with Crippen molar-refractivity contribution in [1.29, 1.82) is 0 Å². The Morgan fingerprint density at radius 3 is 2.11 bits per heavy atom. The summed E-state index contributed by atoms with van der Waals surface area (Å²) in [6.07, 6.45) is 1.35. The largest absolute Gasteiger partial charge is 0.375 e. The summed E-state index contributed by atoms with van der Waals surface area (Å²) in [5, 5.41) is 0. The third-order valence-electron chi connectivity index (χ3n) is 4.13. The number of piperazine rings is 1. The van der Waals surface area contributed by atoms with Gasteiger partial charge in [0.15, 0.2) is 0 Å². The lowest BCUT2D eigenvalue weighted by atomic mass is 10.0. The van der Waals surface area contributed by atoms with E-state index in [2.05, 4.69) is 51.3 Å². The minimum absolute atomic E-state index is 0.00379. The molecule has 2 aliphatic heterocycles. The monoisotopic (exact) mass is 254 g/mol. The van der Waals surface area contributed by atoms with Gasteiger partial charge in [0.2, 0.25) is 0 Å². The van der Waals surface area contributed by atoms with Crippen LogP contribution in [0.2, 0.25) is 0 Å². The second-order valence-electron chi connectivity index (χ2n) is 7.82. The van der Waals surface area contributed by atoms with Gasteiger partial charge in [-0.3, -0.25) is 9.80 Å². The first-order valence-corrected chi connectivity index (χ1v) is 7.31. The second-order valence-corrected chi connectivity index (χ2v) is 7.82. The molecule has 2 rings (SSSR count). The SMILES string of the molecule is CC(C)(C)OCCN1CC2CC1CN2C(C)(C)C. The van der Waals surface area contributed by atoms with Gasteiger partial charge in [-0.05, 0) is 48.0 Å². The van der Waals surface area contributed by atoms with Crippen LogP contribution in [0.3, 0.4) is 0 Å². The molecule has 3 nitrogen and oxygen atoms in total. The maximum Gasteiger partial charge on any atom is 0.0600 e. The normalized spacial score (nSPS) is 30.3. The molecule has 2 saturated heterocycles. The summed E-state index contributed by atoms with van der Waals surface area (Å²) in [6, 6.07) is 1.53. The topological polar surface area (TPSA) is 15.7 Å². The molecule has 2 atom stereocenters. The van der Waals surface area contributed by atoms with Crippen molar-refractivity contribution in [3.8, 4) is 0 Å². The number of hydrogen-bond donors (Lipinski definition) is 0. The zero-order chi connectivity index (χ0) is 13.6. The van der Waals surface area contributed by atoms with Crippen molar-refractivity contribution in [2.24, 2.45) is 0 Å². The van der Waals surface area contributed by atoms with Crippen LogP contribution in [0.1, 0.15) is 48.0 Å². The Labute approximate surface area is 112 Å². The number of fused-ring (bicyclic) bond motifs is 2. The molecule has 0 spiro atoms. The van der Waals surface area contributed by atoms with Crippen molar-refractivity contribution in [2.45, 2.75) is 71.2 Å². The lowest BCUT2D eigenvalue weighted by molar-refractivity contribution is -0.0228. The molecular weight excluding hydrogens is 224 g/mol. The molecule has 2 aliphatic rings. The molecule has 0 amide bonds. The minimum Gasteiger partial charge on any atom is -0.375 e. The van der Waals surface area contributed by atoms with Gasteiger partial charge >= 0.3 is 0 Å².